The van der Waals surface area contributed by atoms with Crippen molar-refractivity contribution >= 4 is 0 Å². The second kappa shape index (κ2) is 5.92. The number of aromatic nitrogens is 1. The van der Waals surface area contributed by atoms with Crippen molar-refractivity contribution in [2.45, 2.75) is 12.6 Å². The summed E-state index contributed by atoms with van der Waals surface area (Å²) in [4.78, 5) is 3.97. The molecule has 6 heteroatoms. The molecule has 0 amide bonds. The summed E-state index contributed by atoms with van der Waals surface area (Å²) >= 11 is 0. The Morgan fingerprint density at radius 3 is 2.45 bits per heavy atom. The van der Waals surface area contributed by atoms with Gasteiger partial charge in [-0.15, -0.1) is 0 Å². The zero-order valence-electron chi connectivity index (χ0n) is 10.5. The lowest BCUT2D eigenvalue weighted by molar-refractivity contribution is -0.138. The Labute approximate surface area is 114 Å². The lowest BCUT2D eigenvalue weighted by Gasteiger charge is -2.12. The van der Waals surface area contributed by atoms with Gasteiger partial charge < -0.3 is 10.5 Å². The van der Waals surface area contributed by atoms with E-state index in [1.54, 1.807) is 12.3 Å². The maximum absolute atomic E-state index is 12.8. The fraction of sp³-hybridized carbons (Fsp3) is 0.214. The molecular weight excluding hydrogens is 269 g/mol. The quantitative estimate of drug-likeness (QED) is 0.935. The Balaban J connectivity index is 2.22. The van der Waals surface area contributed by atoms with Crippen LogP contribution < -0.4 is 10.5 Å². The third-order valence-electron chi connectivity index (χ3n) is 2.64. The van der Waals surface area contributed by atoms with Gasteiger partial charge in [-0.05, 0) is 30.7 Å². The molecule has 0 aliphatic carbocycles. The van der Waals surface area contributed by atoms with Gasteiger partial charge in [0.1, 0.15) is 5.75 Å². The minimum Gasteiger partial charge on any atom is -0.438 e. The maximum Gasteiger partial charge on any atom is 0.419 e. The number of halogens is 3. The van der Waals surface area contributed by atoms with Gasteiger partial charge in [-0.25, -0.2) is 4.98 Å². The van der Waals surface area contributed by atoms with Crippen LogP contribution in [0.4, 0.5) is 13.2 Å². The summed E-state index contributed by atoms with van der Waals surface area (Å²) in [6, 6.07) is 8.28. The van der Waals surface area contributed by atoms with Crippen LogP contribution in [0, 0.1) is 0 Å². The van der Waals surface area contributed by atoms with Crippen LogP contribution in [0.5, 0.6) is 11.6 Å². The first kappa shape index (κ1) is 14.3. The second-order valence-corrected chi connectivity index (χ2v) is 4.14. The summed E-state index contributed by atoms with van der Waals surface area (Å²) in [7, 11) is 0. The first-order valence-electron chi connectivity index (χ1n) is 6.00. The molecule has 0 atom stereocenters. The summed E-state index contributed by atoms with van der Waals surface area (Å²) in [6.07, 6.45) is -2.26. The largest absolute Gasteiger partial charge is 0.438 e. The van der Waals surface area contributed by atoms with Crippen molar-refractivity contribution in [2.75, 3.05) is 6.54 Å². The van der Waals surface area contributed by atoms with Gasteiger partial charge >= 0.3 is 6.18 Å². The predicted molar refractivity (Wildman–Crippen MR) is 68.5 cm³/mol. The molecule has 1 aromatic carbocycles. The minimum atomic E-state index is -4.46. The van der Waals surface area contributed by atoms with Crippen LogP contribution in [0.3, 0.4) is 0 Å². The van der Waals surface area contributed by atoms with Crippen LogP contribution in [-0.4, -0.2) is 11.5 Å². The lowest BCUT2D eigenvalue weighted by Crippen LogP contribution is -2.07. The molecule has 0 saturated heterocycles. The third kappa shape index (κ3) is 3.48. The zero-order valence-corrected chi connectivity index (χ0v) is 10.5. The zero-order chi connectivity index (χ0) is 14.6. The summed E-state index contributed by atoms with van der Waals surface area (Å²) in [5.74, 6) is -0.151. The number of ether oxygens (including phenoxy) is 1. The van der Waals surface area contributed by atoms with E-state index >= 15 is 0 Å². The Morgan fingerprint density at radius 1 is 1.10 bits per heavy atom. The number of benzene rings is 1. The van der Waals surface area contributed by atoms with Gasteiger partial charge in [0.05, 0.1) is 5.56 Å². The van der Waals surface area contributed by atoms with E-state index < -0.39 is 11.7 Å². The molecule has 0 aliphatic rings. The monoisotopic (exact) mass is 282 g/mol. The normalized spacial score (nSPS) is 11.4. The maximum atomic E-state index is 12.8. The average Bonchev–Trinajstić information content (AvgIpc) is 2.41. The summed E-state index contributed by atoms with van der Waals surface area (Å²) < 4.78 is 43.6. The Kier molecular flexibility index (Phi) is 4.24. The van der Waals surface area contributed by atoms with Crippen LogP contribution in [0.2, 0.25) is 0 Å². The second-order valence-electron chi connectivity index (χ2n) is 4.14. The van der Waals surface area contributed by atoms with Crippen molar-refractivity contribution in [3.05, 3.63) is 53.7 Å². The van der Waals surface area contributed by atoms with Crippen LogP contribution in [0.15, 0.2) is 42.6 Å². The SMILES string of the molecule is NCCc1ccc(Oc2ccccc2C(F)(F)F)nc1. The Hall–Kier alpha value is -2.08. The highest BCUT2D eigenvalue weighted by molar-refractivity contribution is 5.38. The van der Waals surface area contributed by atoms with Gasteiger partial charge in [-0.1, -0.05) is 18.2 Å². The van der Waals surface area contributed by atoms with E-state index in [1.807, 2.05) is 0 Å². The first-order valence-corrected chi connectivity index (χ1v) is 6.00. The van der Waals surface area contributed by atoms with Crippen molar-refractivity contribution in [1.29, 1.82) is 0 Å². The highest BCUT2D eigenvalue weighted by Crippen LogP contribution is 2.37. The number of hydrogen-bond donors (Lipinski definition) is 1. The van der Waals surface area contributed by atoms with Gasteiger partial charge in [0.15, 0.2) is 0 Å². The van der Waals surface area contributed by atoms with Crippen LogP contribution in [0.25, 0.3) is 0 Å². The molecule has 20 heavy (non-hydrogen) atoms. The van der Waals surface area contributed by atoms with Crippen molar-refractivity contribution in [2.24, 2.45) is 5.73 Å². The number of pyridine rings is 1. The molecule has 0 aliphatic heterocycles. The van der Waals surface area contributed by atoms with Gasteiger partial charge in [-0.3, -0.25) is 0 Å². The number of rotatable bonds is 4. The smallest absolute Gasteiger partial charge is 0.419 e. The molecule has 2 aromatic rings. The van der Waals surface area contributed by atoms with E-state index in [4.69, 9.17) is 10.5 Å². The highest BCUT2D eigenvalue weighted by Gasteiger charge is 2.34. The van der Waals surface area contributed by atoms with E-state index in [-0.39, 0.29) is 11.6 Å². The molecule has 1 heterocycles. The topological polar surface area (TPSA) is 48.1 Å². The third-order valence-corrected chi connectivity index (χ3v) is 2.64. The molecular formula is C14H13F3N2O. The average molecular weight is 282 g/mol. The minimum absolute atomic E-state index is 0.113. The number of nitrogens with zero attached hydrogens (tertiary/aromatic N) is 1. The standard InChI is InChI=1S/C14H13F3N2O/c15-14(16,17)11-3-1-2-4-12(11)20-13-6-5-10(7-8-18)9-19-13/h1-6,9H,7-8,18H2. The fourth-order valence-corrected chi connectivity index (χ4v) is 1.69. The molecule has 1 aromatic heterocycles. The van der Waals surface area contributed by atoms with Gasteiger partial charge in [0, 0.05) is 12.3 Å². The molecule has 0 fully saturated rings. The molecule has 2 N–H and O–H groups in total. The number of para-hydroxylation sites is 1. The van der Waals surface area contributed by atoms with Gasteiger partial charge in [0.2, 0.25) is 5.88 Å². The van der Waals surface area contributed by atoms with E-state index in [1.165, 1.54) is 24.3 Å². The fourth-order valence-electron chi connectivity index (χ4n) is 1.69. The van der Waals surface area contributed by atoms with Crippen molar-refractivity contribution in [3.8, 4) is 11.6 Å². The van der Waals surface area contributed by atoms with Gasteiger partial charge in [0.25, 0.3) is 0 Å². The molecule has 0 bridgehead atoms. The van der Waals surface area contributed by atoms with Crippen LogP contribution in [-0.2, 0) is 12.6 Å². The number of nitrogens with two attached hydrogens (primary N) is 1. The van der Waals surface area contributed by atoms with E-state index in [0.29, 0.717) is 13.0 Å². The lowest BCUT2D eigenvalue weighted by atomic mass is 10.2. The molecule has 106 valence electrons. The van der Waals surface area contributed by atoms with Crippen molar-refractivity contribution in [1.82, 2.24) is 4.98 Å². The summed E-state index contributed by atoms with van der Waals surface area (Å²) in [5.41, 5.74) is 5.49. The van der Waals surface area contributed by atoms with Crippen LogP contribution >= 0.6 is 0 Å². The first-order chi connectivity index (χ1) is 9.50. The number of alkyl halides is 3. The molecule has 0 unspecified atom stereocenters. The summed E-state index contributed by atoms with van der Waals surface area (Å²) in [5, 5.41) is 0. The summed E-state index contributed by atoms with van der Waals surface area (Å²) in [6.45, 7) is 0.485. The molecule has 0 spiro atoms. The molecule has 0 radical (unpaired) electrons. The van der Waals surface area contributed by atoms with E-state index in [9.17, 15) is 13.2 Å². The molecule has 0 saturated carbocycles. The van der Waals surface area contributed by atoms with E-state index in [0.717, 1.165) is 11.6 Å². The Morgan fingerprint density at radius 2 is 1.85 bits per heavy atom. The van der Waals surface area contributed by atoms with Crippen molar-refractivity contribution in [3.63, 3.8) is 0 Å². The van der Waals surface area contributed by atoms with Crippen LogP contribution in [0.1, 0.15) is 11.1 Å². The number of hydrogen-bond acceptors (Lipinski definition) is 3. The Bertz CT molecular complexity index is 567. The van der Waals surface area contributed by atoms with E-state index in [2.05, 4.69) is 4.98 Å². The van der Waals surface area contributed by atoms with Gasteiger partial charge in [-0.2, -0.15) is 13.2 Å². The molecule has 2 rings (SSSR count). The highest BCUT2D eigenvalue weighted by atomic mass is 19.4. The molecule has 3 nitrogen and oxygen atoms in total. The predicted octanol–water partition coefficient (Wildman–Crippen LogP) is 3.39. The van der Waals surface area contributed by atoms with Crippen molar-refractivity contribution < 1.29 is 17.9 Å².